The van der Waals surface area contributed by atoms with Crippen LogP contribution in [0.1, 0.15) is 112 Å². The molecule has 0 radical (unpaired) electrons. The van der Waals surface area contributed by atoms with Crippen LogP contribution in [0.3, 0.4) is 0 Å². The van der Waals surface area contributed by atoms with E-state index in [1.54, 1.807) is 0 Å². The van der Waals surface area contributed by atoms with Crippen LogP contribution in [0.2, 0.25) is 0 Å². The Morgan fingerprint density at radius 3 is 2.20 bits per heavy atom. The summed E-state index contributed by atoms with van der Waals surface area (Å²) in [6.07, 6.45) is 13.2. The Morgan fingerprint density at radius 1 is 0.914 bits per heavy atom. The van der Waals surface area contributed by atoms with Crippen LogP contribution in [0, 0.1) is 29.1 Å². The van der Waals surface area contributed by atoms with E-state index in [1.807, 2.05) is 0 Å². The van der Waals surface area contributed by atoms with E-state index >= 15 is 0 Å². The Labute approximate surface area is 217 Å². The summed E-state index contributed by atoms with van der Waals surface area (Å²) in [5.41, 5.74) is 0.517. The first-order chi connectivity index (χ1) is 16.8. The highest BCUT2D eigenvalue weighted by atomic mass is 16.5. The smallest absolute Gasteiger partial charge is 0.220 e. The molecule has 1 N–H and O–H groups in total. The van der Waals surface area contributed by atoms with E-state index in [-0.39, 0.29) is 5.91 Å². The highest BCUT2D eigenvalue weighted by Gasteiger charge is 2.36. The molecule has 1 fully saturated rings. The molecular formula is C30H59NO4. The van der Waals surface area contributed by atoms with Crippen molar-refractivity contribution in [3.05, 3.63) is 0 Å². The fourth-order valence-electron chi connectivity index (χ4n) is 5.71. The third-order valence-electron chi connectivity index (χ3n) is 7.95. The third-order valence-corrected chi connectivity index (χ3v) is 7.95. The molecule has 0 heterocycles. The van der Waals surface area contributed by atoms with Gasteiger partial charge in [-0.1, -0.05) is 80.1 Å². The molecule has 208 valence electrons. The average Bonchev–Trinajstić information content (AvgIpc) is 2.79. The summed E-state index contributed by atoms with van der Waals surface area (Å²) in [6.45, 7) is 18.8. The SMILES string of the molecule is CCCOCCOCCOCCCNC(=O)CC(C)CCCC(C)CCC1C(C)CCCC1(C)C. The lowest BCUT2D eigenvalue weighted by molar-refractivity contribution is -0.122. The van der Waals surface area contributed by atoms with Crippen molar-refractivity contribution < 1.29 is 19.0 Å². The van der Waals surface area contributed by atoms with Crippen molar-refractivity contribution in [1.29, 1.82) is 0 Å². The quantitative estimate of drug-likeness (QED) is 0.173. The Hall–Kier alpha value is -0.650. The van der Waals surface area contributed by atoms with Crippen molar-refractivity contribution in [1.82, 2.24) is 5.32 Å². The first-order valence-corrected chi connectivity index (χ1v) is 14.8. The minimum absolute atomic E-state index is 0.175. The van der Waals surface area contributed by atoms with Gasteiger partial charge in [0.2, 0.25) is 5.91 Å². The van der Waals surface area contributed by atoms with Gasteiger partial charge in [-0.15, -0.1) is 0 Å². The van der Waals surface area contributed by atoms with Crippen LogP contribution in [0.4, 0.5) is 0 Å². The summed E-state index contributed by atoms with van der Waals surface area (Å²) in [6, 6.07) is 0. The average molecular weight is 498 g/mol. The first-order valence-electron chi connectivity index (χ1n) is 14.8. The Balaban J connectivity index is 1.97. The predicted molar refractivity (Wildman–Crippen MR) is 147 cm³/mol. The maximum atomic E-state index is 12.2. The molecular weight excluding hydrogens is 438 g/mol. The van der Waals surface area contributed by atoms with Gasteiger partial charge in [0.1, 0.15) is 0 Å². The molecule has 1 aliphatic rings. The van der Waals surface area contributed by atoms with Gasteiger partial charge in [0.15, 0.2) is 0 Å². The molecule has 1 rings (SSSR count). The van der Waals surface area contributed by atoms with Crippen LogP contribution in [0.5, 0.6) is 0 Å². The molecule has 0 bridgehead atoms. The summed E-state index contributed by atoms with van der Waals surface area (Å²) >= 11 is 0. The number of nitrogens with one attached hydrogen (secondary N) is 1. The lowest BCUT2D eigenvalue weighted by atomic mass is 9.62. The van der Waals surface area contributed by atoms with Crippen molar-refractivity contribution >= 4 is 5.91 Å². The Kier molecular flexibility index (Phi) is 18.0. The molecule has 5 nitrogen and oxygen atoms in total. The van der Waals surface area contributed by atoms with Gasteiger partial charge in [0, 0.05) is 26.2 Å². The van der Waals surface area contributed by atoms with Gasteiger partial charge >= 0.3 is 0 Å². The second-order valence-electron chi connectivity index (χ2n) is 11.9. The molecule has 4 unspecified atom stereocenters. The highest BCUT2D eigenvalue weighted by Crippen LogP contribution is 2.46. The number of hydrogen-bond acceptors (Lipinski definition) is 4. The van der Waals surface area contributed by atoms with E-state index in [9.17, 15) is 4.79 Å². The zero-order valence-corrected chi connectivity index (χ0v) is 24.2. The van der Waals surface area contributed by atoms with E-state index in [0.717, 1.165) is 43.6 Å². The topological polar surface area (TPSA) is 56.8 Å². The number of carbonyl (C=O) groups excluding carboxylic acids is 1. The van der Waals surface area contributed by atoms with Crippen LogP contribution in [-0.4, -0.2) is 52.1 Å². The van der Waals surface area contributed by atoms with Gasteiger partial charge in [0.25, 0.3) is 0 Å². The maximum absolute atomic E-state index is 12.2. The second-order valence-corrected chi connectivity index (χ2v) is 11.9. The molecule has 1 saturated carbocycles. The molecule has 0 spiro atoms. The fourth-order valence-corrected chi connectivity index (χ4v) is 5.71. The fraction of sp³-hybridized carbons (Fsp3) is 0.967. The monoisotopic (exact) mass is 497 g/mol. The van der Waals surface area contributed by atoms with E-state index in [2.05, 4.69) is 46.9 Å². The molecule has 1 aliphatic carbocycles. The van der Waals surface area contributed by atoms with E-state index < -0.39 is 0 Å². The Morgan fingerprint density at radius 2 is 1.54 bits per heavy atom. The van der Waals surface area contributed by atoms with Gasteiger partial charge < -0.3 is 19.5 Å². The minimum Gasteiger partial charge on any atom is -0.379 e. The van der Waals surface area contributed by atoms with Crippen LogP contribution in [-0.2, 0) is 19.0 Å². The van der Waals surface area contributed by atoms with Gasteiger partial charge in [-0.2, -0.15) is 0 Å². The maximum Gasteiger partial charge on any atom is 0.220 e. The van der Waals surface area contributed by atoms with Gasteiger partial charge in [0.05, 0.1) is 26.4 Å². The van der Waals surface area contributed by atoms with Gasteiger partial charge in [-0.05, 0) is 54.8 Å². The van der Waals surface area contributed by atoms with Crippen molar-refractivity contribution in [3.8, 4) is 0 Å². The van der Waals surface area contributed by atoms with E-state index in [4.69, 9.17) is 14.2 Å². The third kappa shape index (κ3) is 15.9. The minimum atomic E-state index is 0.175. The van der Waals surface area contributed by atoms with Crippen LogP contribution >= 0.6 is 0 Å². The van der Waals surface area contributed by atoms with Crippen molar-refractivity contribution in [2.45, 2.75) is 112 Å². The summed E-state index contributed by atoms with van der Waals surface area (Å²) in [4.78, 5) is 12.2. The number of hydrogen-bond donors (Lipinski definition) is 1. The second kappa shape index (κ2) is 19.5. The highest BCUT2D eigenvalue weighted by molar-refractivity contribution is 5.76. The molecule has 0 aromatic heterocycles. The molecule has 0 aliphatic heterocycles. The normalized spacial score (nSPS) is 21.5. The molecule has 4 atom stereocenters. The molecule has 0 aromatic carbocycles. The standard InChI is InChI=1S/C30H59NO4/c1-7-18-33-20-22-35-23-21-34-19-10-17-31-29(32)24-26(3)12-8-11-25(2)14-15-28-27(4)13-9-16-30(28,5)6/h25-28H,7-24H2,1-6H3,(H,31,32). The number of amides is 1. The zero-order chi connectivity index (χ0) is 25.9. The first kappa shape index (κ1) is 32.4. The summed E-state index contributed by atoms with van der Waals surface area (Å²) in [5.74, 6) is 3.19. The lowest BCUT2D eigenvalue weighted by Gasteiger charge is -2.43. The number of ether oxygens (including phenoxy) is 3. The van der Waals surface area contributed by atoms with Crippen LogP contribution < -0.4 is 5.32 Å². The summed E-state index contributed by atoms with van der Waals surface area (Å²) in [5, 5.41) is 3.05. The van der Waals surface area contributed by atoms with E-state index in [0.29, 0.717) is 57.3 Å². The van der Waals surface area contributed by atoms with Crippen molar-refractivity contribution in [3.63, 3.8) is 0 Å². The van der Waals surface area contributed by atoms with E-state index in [1.165, 1.54) is 44.9 Å². The van der Waals surface area contributed by atoms with Crippen LogP contribution in [0.25, 0.3) is 0 Å². The molecule has 0 saturated heterocycles. The van der Waals surface area contributed by atoms with Crippen molar-refractivity contribution in [2.24, 2.45) is 29.1 Å². The molecule has 1 amide bonds. The number of carbonyl (C=O) groups is 1. The largest absolute Gasteiger partial charge is 0.379 e. The van der Waals surface area contributed by atoms with Crippen molar-refractivity contribution in [2.75, 3.05) is 46.2 Å². The Bertz CT molecular complexity index is 524. The summed E-state index contributed by atoms with van der Waals surface area (Å²) in [7, 11) is 0. The number of rotatable bonds is 21. The van der Waals surface area contributed by atoms with Gasteiger partial charge in [-0.25, -0.2) is 0 Å². The molecule has 35 heavy (non-hydrogen) atoms. The molecule has 5 heteroatoms. The van der Waals surface area contributed by atoms with Crippen LogP contribution in [0.15, 0.2) is 0 Å². The van der Waals surface area contributed by atoms with Gasteiger partial charge in [-0.3, -0.25) is 4.79 Å². The lowest BCUT2D eigenvalue weighted by Crippen LogP contribution is -2.33. The predicted octanol–water partition coefficient (Wildman–Crippen LogP) is 7.03. The molecule has 0 aromatic rings. The zero-order valence-electron chi connectivity index (χ0n) is 24.2. The summed E-state index contributed by atoms with van der Waals surface area (Å²) < 4.78 is 16.4.